The second-order valence-electron chi connectivity index (χ2n) is 7.82. The Morgan fingerprint density at radius 1 is 1.23 bits per heavy atom. The first-order valence-electron chi connectivity index (χ1n) is 10.4. The Kier molecular flexibility index (Phi) is 7.07. The highest BCUT2D eigenvalue weighted by Crippen LogP contribution is 2.32. The Labute approximate surface area is 177 Å². The first-order valence-corrected chi connectivity index (χ1v) is 10.4. The summed E-state index contributed by atoms with van der Waals surface area (Å²) in [7, 11) is 0. The molecule has 1 aromatic carbocycles. The van der Waals surface area contributed by atoms with Gasteiger partial charge in [0.2, 0.25) is 5.76 Å². The molecule has 2 unspecified atom stereocenters. The lowest BCUT2D eigenvalue weighted by Gasteiger charge is -2.29. The fraction of sp³-hybridized carbons (Fsp3) is 0.458. The molecule has 1 aromatic heterocycles. The molecule has 2 heterocycles. The molecule has 6 nitrogen and oxygen atoms in total. The van der Waals surface area contributed by atoms with Gasteiger partial charge in [0.1, 0.15) is 5.78 Å². The SMILES string of the molecule is CC#Cc1cc(C)c(C2C(=O)CCCN(C(=O)c3ccno3)CCCC2O)c(C)c1. The van der Waals surface area contributed by atoms with Crippen molar-refractivity contribution in [3.05, 3.63) is 52.4 Å². The lowest BCUT2D eigenvalue weighted by atomic mass is 9.80. The van der Waals surface area contributed by atoms with E-state index in [0.717, 1.165) is 22.3 Å². The fourth-order valence-corrected chi connectivity index (χ4v) is 4.30. The van der Waals surface area contributed by atoms with Crippen molar-refractivity contribution in [2.24, 2.45) is 0 Å². The van der Waals surface area contributed by atoms with Gasteiger partial charge in [-0.1, -0.05) is 11.1 Å². The van der Waals surface area contributed by atoms with Gasteiger partial charge in [0.05, 0.1) is 18.2 Å². The van der Waals surface area contributed by atoms with Crippen LogP contribution in [0.4, 0.5) is 0 Å². The van der Waals surface area contributed by atoms with Gasteiger partial charge in [-0.15, -0.1) is 5.92 Å². The number of rotatable bonds is 2. The minimum Gasteiger partial charge on any atom is -0.392 e. The predicted octanol–water partition coefficient (Wildman–Crippen LogP) is 3.39. The van der Waals surface area contributed by atoms with Gasteiger partial charge in [0.15, 0.2) is 0 Å². The van der Waals surface area contributed by atoms with Crippen LogP contribution < -0.4 is 0 Å². The molecule has 0 spiro atoms. The third-order valence-electron chi connectivity index (χ3n) is 5.62. The number of aliphatic hydroxyl groups is 1. The van der Waals surface area contributed by atoms with Crippen LogP contribution >= 0.6 is 0 Å². The number of benzene rings is 1. The summed E-state index contributed by atoms with van der Waals surface area (Å²) in [4.78, 5) is 27.4. The van der Waals surface area contributed by atoms with Crippen molar-refractivity contribution < 1.29 is 19.2 Å². The molecule has 1 aliphatic heterocycles. The van der Waals surface area contributed by atoms with Gasteiger partial charge < -0.3 is 14.5 Å². The number of hydrogen-bond donors (Lipinski definition) is 1. The molecule has 2 atom stereocenters. The van der Waals surface area contributed by atoms with E-state index < -0.39 is 12.0 Å². The van der Waals surface area contributed by atoms with Gasteiger partial charge >= 0.3 is 0 Å². The number of hydrogen-bond acceptors (Lipinski definition) is 5. The zero-order chi connectivity index (χ0) is 21.7. The highest BCUT2D eigenvalue weighted by atomic mass is 16.5. The summed E-state index contributed by atoms with van der Waals surface area (Å²) in [6, 6.07) is 5.50. The summed E-state index contributed by atoms with van der Waals surface area (Å²) in [5, 5.41) is 14.6. The molecule has 1 amide bonds. The van der Waals surface area contributed by atoms with E-state index in [2.05, 4.69) is 17.0 Å². The number of amides is 1. The quantitative estimate of drug-likeness (QED) is 0.770. The van der Waals surface area contributed by atoms with Gasteiger partial charge in [0, 0.05) is 31.1 Å². The Morgan fingerprint density at radius 3 is 2.57 bits per heavy atom. The van der Waals surface area contributed by atoms with E-state index in [1.165, 1.54) is 12.3 Å². The zero-order valence-electron chi connectivity index (χ0n) is 17.8. The van der Waals surface area contributed by atoms with Crippen LogP contribution in [0.2, 0.25) is 0 Å². The smallest absolute Gasteiger partial charge is 0.292 e. The first-order chi connectivity index (χ1) is 14.4. The molecule has 0 aliphatic carbocycles. The number of nitrogens with zero attached hydrogens (tertiary/aromatic N) is 2. The summed E-state index contributed by atoms with van der Waals surface area (Å²) >= 11 is 0. The van der Waals surface area contributed by atoms with E-state index in [4.69, 9.17) is 4.52 Å². The minimum absolute atomic E-state index is 0.0111. The maximum atomic E-state index is 13.1. The lowest BCUT2D eigenvalue weighted by Crippen LogP contribution is -2.36. The van der Waals surface area contributed by atoms with Gasteiger partial charge in [-0.3, -0.25) is 9.59 Å². The maximum absolute atomic E-state index is 13.1. The molecule has 1 fully saturated rings. The summed E-state index contributed by atoms with van der Waals surface area (Å²) in [6.45, 7) is 6.71. The minimum atomic E-state index is -0.793. The van der Waals surface area contributed by atoms with Crippen LogP contribution in [0.3, 0.4) is 0 Å². The topological polar surface area (TPSA) is 83.6 Å². The van der Waals surface area contributed by atoms with Gasteiger partial charge in [-0.25, -0.2) is 0 Å². The molecule has 0 bridgehead atoms. The van der Waals surface area contributed by atoms with Crippen molar-refractivity contribution in [1.82, 2.24) is 10.1 Å². The number of Topliss-reactive ketones (excluding diaryl/α,β-unsaturated/α-hetero) is 1. The van der Waals surface area contributed by atoms with Gasteiger partial charge in [0.25, 0.3) is 5.91 Å². The average Bonchev–Trinajstić information content (AvgIpc) is 3.23. The van der Waals surface area contributed by atoms with Crippen molar-refractivity contribution in [1.29, 1.82) is 0 Å². The molecule has 30 heavy (non-hydrogen) atoms. The zero-order valence-corrected chi connectivity index (χ0v) is 17.8. The van der Waals surface area contributed by atoms with Crippen LogP contribution in [0.5, 0.6) is 0 Å². The molecular formula is C24H28N2O4. The summed E-state index contributed by atoms with van der Waals surface area (Å²) in [6.07, 6.45) is 2.53. The Morgan fingerprint density at radius 2 is 1.93 bits per heavy atom. The van der Waals surface area contributed by atoms with E-state index in [0.29, 0.717) is 38.8 Å². The van der Waals surface area contributed by atoms with E-state index in [-0.39, 0.29) is 17.5 Å². The van der Waals surface area contributed by atoms with Crippen LogP contribution in [-0.4, -0.2) is 46.0 Å². The highest BCUT2D eigenvalue weighted by molar-refractivity contribution is 5.91. The monoisotopic (exact) mass is 408 g/mol. The highest BCUT2D eigenvalue weighted by Gasteiger charge is 2.32. The van der Waals surface area contributed by atoms with Crippen LogP contribution in [0, 0.1) is 25.7 Å². The lowest BCUT2D eigenvalue weighted by molar-refractivity contribution is -0.123. The van der Waals surface area contributed by atoms with Gasteiger partial charge in [-0.2, -0.15) is 0 Å². The molecular weight excluding hydrogens is 380 g/mol. The molecule has 0 radical (unpaired) electrons. The molecule has 0 saturated carbocycles. The molecule has 2 aromatic rings. The van der Waals surface area contributed by atoms with E-state index in [9.17, 15) is 14.7 Å². The number of aryl methyl sites for hydroxylation is 2. The van der Waals surface area contributed by atoms with Crippen molar-refractivity contribution in [2.45, 2.75) is 58.5 Å². The molecule has 1 saturated heterocycles. The van der Waals surface area contributed by atoms with Gasteiger partial charge in [-0.05, 0) is 68.9 Å². The number of carbonyl (C=O) groups excluding carboxylic acids is 2. The molecule has 3 rings (SSSR count). The van der Waals surface area contributed by atoms with Crippen LogP contribution in [0.25, 0.3) is 0 Å². The first kappa shape index (κ1) is 21.8. The summed E-state index contributed by atoms with van der Waals surface area (Å²) in [5.41, 5.74) is 3.78. The molecule has 158 valence electrons. The van der Waals surface area contributed by atoms with E-state index in [1.54, 1.807) is 11.8 Å². The largest absolute Gasteiger partial charge is 0.392 e. The standard InChI is InChI=1S/C24H28N2O4/c1-4-7-18-14-16(2)22(17(3)15-18)23-19(27)8-5-12-26(13-6-9-20(23)28)24(29)21-10-11-25-30-21/h10-11,14-15,19,23,27H,5-6,8-9,12-13H2,1-3H3. The second kappa shape index (κ2) is 9.73. The number of ketones is 1. The van der Waals surface area contributed by atoms with Crippen molar-refractivity contribution >= 4 is 11.7 Å². The average molecular weight is 408 g/mol. The Bertz CT molecular complexity index is 946. The summed E-state index contributed by atoms with van der Waals surface area (Å²) < 4.78 is 4.98. The number of aliphatic hydroxyl groups excluding tert-OH is 1. The molecule has 1 aliphatic rings. The van der Waals surface area contributed by atoms with Crippen LogP contribution in [0.1, 0.15) is 71.3 Å². The third-order valence-corrected chi connectivity index (χ3v) is 5.62. The van der Waals surface area contributed by atoms with Crippen LogP contribution in [-0.2, 0) is 4.79 Å². The van der Waals surface area contributed by atoms with Crippen LogP contribution in [0.15, 0.2) is 28.9 Å². The fourth-order valence-electron chi connectivity index (χ4n) is 4.30. The van der Waals surface area contributed by atoms with Crippen molar-refractivity contribution in [2.75, 3.05) is 13.1 Å². The normalized spacial score (nSPS) is 20.4. The third kappa shape index (κ3) is 4.80. The molecule has 6 heteroatoms. The number of carbonyl (C=O) groups is 2. The Balaban J connectivity index is 1.81. The Hall–Kier alpha value is -2.91. The van der Waals surface area contributed by atoms with E-state index >= 15 is 0 Å². The second-order valence-corrected chi connectivity index (χ2v) is 7.82. The summed E-state index contributed by atoms with van der Waals surface area (Å²) in [5.74, 6) is 5.39. The number of aromatic nitrogens is 1. The predicted molar refractivity (Wildman–Crippen MR) is 113 cm³/mol. The van der Waals surface area contributed by atoms with Crippen molar-refractivity contribution in [3.63, 3.8) is 0 Å². The molecule has 1 N–H and O–H groups in total. The van der Waals surface area contributed by atoms with E-state index in [1.807, 2.05) is 26.0 Å². The van der Waals surface area contributed by atoms with Crippen molar-refractivity contribution in [3.8, 4) is 11.8 Å². The maximum Gasteiger partial charge on any atom is 0.292 e.